The minimum Gasteiger partial charge on any atom is -0.271 e. The van der Waals surface area contributed by atoms with Crippen molar-refractivity contribution in [3.63, 3.8) is 0 Å². The van der Waals surface area contributed by atoms with E-state index < -0.39 is 17.7 Å². The Morgan fingerprint density at radius 1 is 1.50 bits per heavy atom. The van der Waals surface area contributed by atoms with E-state index >= 15 is 0 Å². The van der Waals surface area contributed by atoms with Crippen LogP contribution in [-0.2, 0) is 0 Å². The molecule has 1 aromatic rings. The summed E-state index contributed by atoms with van der Waals surface area (Å²) < 4.78 is 26.1. The van der Waals surface area contributed by atoms with E-state index in [9.17, 15) is 8.78 Å². The van der Waals surface area contributed by atoms with Gasteiger partial charge in [-0.25, -0.2) is 8.78 Å². The zero-order valence-corrected chi connectivity index (χ0v) is 7.63. The van der Waals surface area contributed by atoms with Crippen LogP contribution in [0.3, 0.4) is 0 Å². The molecular formula is C10H12F2N2. The minimum absolute atomic E-state index is 0.215. The first-order chi connectivity index (χ1) is 6.70. The molecule has 0 saturated heterocycles. The zero-order chi connectivity index (χ0) is 10.6. The average molecular weight is 198 g/mol. The second kappa shape index (κ2) is 4.83. The molecule has 0 amide bonds. The highest BCUT2D eigenvalue weighted by Gasteiger charge is 2.15. The normalized spacial score (nSPS) is 12.5. The van der Waals surface area contributed by atoms with Gasteiger partial charge in [0.25, 0.3) is 0 Å². The number of nitrogens with one attached hydrogen (secondary N) is 1. The topological polar surface area (TPSA) is 38.0 Å². The third-order valence-corrected chi connectivity index (χ3v) is 1.96. The molecule has 3 N–H and O–H groups in total. The monoisotopic (exact) mass is 198 g/mol. The van der Waals surface area contributed by atoms with Gasteiger partial charge in [0.15, 0.2) is 11.6 Å². The molecule has 1 unspecified atom stereocenters. The van der Waals surface area contributed by atoms with Gasteiger partial charge in [0, 0.05) is 5.56 Å². The number of halogens is 2. The van der Waals surface area contributed by atoms with E-state index in [1.54, 1.807) is 6.08 Å². The van der Waals surface area contributed by atoms with Gasteiger partial charge in [0.05, 0.1) is 6.04 Å². The van der Waals surface area contributed by atoms with Gasteiger partial charge in [0.2, 0.25) is 0 Å². The van der Waals surface area contributed by atoms with E-state index in [0.717, 1.165) is 6.07 Å². The van der Waals surface area contributed by atoms with Gasteiger partial charge >= 0.3 is 0 Å². The quantitative estimate of drug-likeness (QED) is 0.441. The van der Waals surface area contributed by atoms with Crippen LogP contribution in [0, 0.1) is 11.6 Å². The summed E-state index contributed by atoms with van der Waals surface area (Å²) in [7, 11) is 0. The van der Waals surface area contributed by atoms with E-state index in [2.05, 4.69) is 12.0 Å². The summed E-state index contributed by atoms with van der Waals surface area (Å²) in [6, 6.07) is 3.57. The highest BCUT2D eigenvalue weighted by atomic mass is 19.2. The summed E-state index contributed by atoms with van der Waals surface area (Å²) in [6.45, 7) is 3.51. The van der Waals surface area contributed by atoms with Crippen molar-refractivity contribution < 1.29 is 8.78 Å². The highest BCUT2D eigenvalue weighted by molar-refractivity contribution is 5.22. The lowest BCUT2D eigenvalue weighted by molar-refractivity contribution is 0.467. The van der Waals surface area contributed by atoms with E-state index in [4.69, 9.17) is 5.84 Å². The van der Waals surface area contributed by atoms with Gasteiger partial charge in [0.1, 0.15) is 0 Å². The van der Waals surface area contributed by atoms with Crippen LogP contribution in [0.5, 0.6) is 0 Å². The van der Waals surface area contributed by atoms with Crippen LogP contribution in [-0.4, -0.2) is 0 Å². The Labute approximate surface area is 81.4 Å². The maximum absolute atomic E-state index is 13.3. The van der Waals surface area contributed by atoms with E-state index in [1.165, 1.54) is 12.1 Å². The van der Waals surface area contributed by atoms with Crippen molar-refractivity contribution in [3.05, 3.63) is 48.1 Å². The SMILES string of the molecule is C=CCC(NN)c1cccc(F)c1F. The molecule has 0 bridgehead atoms. The van der Waals surface area contributed by atoms with Gasteiger partial charge in [-0.05, 0) is 12.5 Å². The summed E-state index contributed by atoms with van der Waals surface area (Å²) in [5.74, 6) is 3.49. The summed E-state index contributed by atoms with van der Waals surface area (Å²) in [5.41, 5.74) is 2.62. The Balaban J connectivity index is 3.03. The number of hydrogen-bond acceptors (Lipinski definition) is 2. The van der Waals surface area contributed by atoms with E-state index in [0.29, 0.717) is 6.42 Å². The Morgan fingerprint density at radius 3 is 2.79 bits per heavy atom. The van der Waals surface area contributed by atoms with Crippen molar-refractivity contribution in [2.24, 2.45) is 5.84 Å². The third-order valence-electron chi connectivity index (χ3n) is 1.96. The average Bonchev–Trinajstić information content (AvgIpc) is 2.19. The number of hydrazine groups is 1. The summed E-state index contributed by atoms with van der Waals surface area (Å²) >= 11 is 0. The number of rotatable bonds is 4. The Kier molecular flexibility index (Phi) is 3.73. The molecule has 0 aliphatic heterocycles. The van der Waals surface area contributed by atoms with Crippen molar-refractivity contribution in [1.29, 1.82) is 0 Å². The highest BCUT2D eigenvalue weighted by Crippen LogP contribution is 2.21. The molecule has 1 aromatic carbocycles. The van der Waals surface area contributed by atoms with Crippen molar-refractivity contribution >= 4 is 0 Å². The molecule has 1 rings (SSSR count). The number of hydrogen-bond donors (Lipinski definition) is 2. The van der Waals surface area contributed by atoms with Crippen LogP contribution < -0.4 is 11.3 Å². The van der Waals surface area contributed by atoms with Crippen LogP contribution in [0.2, 0.25) is 0 Å². The Bertz CT molecular complexity index is 326. The maximum atomic E-state index is 13.3. The first kappa shape index (κ1) is 10.8. The lowest BCUT2D eigenvalue weighted by atomic mass is 10.0. The smallest absolute Gasteiger partial charge is 0.163 e. The van der Waals surface area contributed by atoms with Crippen LogP contribution in [0.25, 0.3) is 0 Å². The molecule has 0 aliphatic carbocycles. The van der Waals surface area contributed by atoms with Crippen molar-refractivity contribution in [2.75, 3.05) is 0 Å². The van der Waals surface area contributed by atoms with Crippen molar-refractivity contribution in [2.45, 2.75) is 12.5 Å². The third kappa shape index (κ3) is 2.16. The molecule has 14 heavy (non-hydrogen) atoms. The van der Waals surface area contributed by atoms with Gasteiger partial charge < -0.3 is 0 Å². The summed E-state index contributed by atoms with van der Waals surface area (Å²) in [4.78, 5) is 0. The molecule has 0 spiro atoms. The molecule has 0 fully saturated rings. The van der Waals surface area contributed by atoms with Crippen molar-refractivity contribution in [3.8, 4) is 0 Å². The van der Waals surface area contributed by atoms with Gasteiger partial charge in [-0.15, -0.1) is 6.58 Å². The molecule has 0 radical (unpaired) electrons. The molecule has 2 nitrogen and oxygen atoms in total. The second-order valence-corrected chi connectivity index (χ2v) is 2.89. The Morgan fingerprint density at radius 2 is 2.21 bits per heavy atom. The fourth-order valence-electron chi connectivity index (χ4n) is 1.24. The van der Waals surface area contributed by atoms with Crippen LogP contribution in [0.15, 0.2) is 30.9 Å². The van der Waals surface area contributed by atoms with E-state index in [1.807, 2.05) is 0 Å². The standard InChI is InChI=1S/C10H12F2N2/c1-2-4-9(14-13)7-5-3-6-8(11)10(7)12/h2-3,5-6,9,14H,1,4,13H2. The minimum atomic E-state index is -0.869. The second-order valence-electron chi connectivity index (χ2n) is 2.89. The van der Waals surface area contributed by atoms with Crippen molar-refractivity contribution in [1.82, 2.24) is 5.43 Å². The number of nitrogens with two attached hydrogens (primary N) is 1. The summed E-state index contributed by atoms with van der Waals surface area (Å²) in [5, 5.41) is 0. The van der Waals surface area contributed by atoms with Crippen LogP contribution in [0.4, 0.5) is 8.78 Å². The molecule has 0 saturated carbocycles. The lowest BCUT2D eigenvalue weighted by Crippen LogP contribution is -2.28. The molecule has 4 heteroatoms. The van der Waals surface area contributed by atoms with Gasteiger partial charge in [-0.3, -0.25) is 11.3 Å². The predicted octanol–water partition coefficient (Wildman–Crippen LogP) is 2.05. The molecule has 0 aliphatic rings. The first-order valence-electron chi connectivity index (χ1n) is 4.21. The molecular weight excluding hydrogens is 186 g/mol. The first-order valence-corrected chi connectivity index (χ1v) is 4.21. The fraction of sp³-hybridized carbons (Fsp3) is 0.200. The molecule has 0 aromatic heterocycles. The molecule has 1 atom stereocenters. The predicted molar refractivity (Wildman–Crippen MR) is 51.2 cm³/mol. The largest absolute Gasteiger partial charge is 0.271 e. The molecule has 76 valence electrons. The fourth-order valence-corrected chi connectivity index (χ4v) is 1.24. The lowest BCUT2D eigenvalue weighted by Gasteiger charge is -2.14. The zero-order valence-electron chi connectivity index (χ0n) is 7.63. The summed E-state index contributed by atoms with van der Waals surface area (Å²) in [6.07, 6.45) is 2.03. The maximum Gasteiger partial charge on any atom is 0.163 e. The molecule has 0 heterocycles. The van der Waals surface area contributed by atoms with E-state index in [-0.39, 0.29) is 5.56 Å². The van der Waals surface area contributed by atoms with Gasteiger partial charge in [-0.1, -0.05) is 18.2 Å². The van der Waals surface area contributed by atoms with Crippen LogP contribution >= 0.6 is 0 Å². The Hall–Kier alpha value is -1.26. The van der Waals surface area contributed by atoms with Crippen LogP contribution in [0.1, 0.15) is 18.0 Å². The number of benzene rings is 1. The van der Waals surface area contributed by atoms with Gasteiger partial charge in [-0.2, -0.15) is 0 Å².